The van der Waals surface area contributed by atoms with E-state index in [1.807, 2.05) is 41.5 Å². The normalized spacial score (nSPS) is 13.1. The van der Waals surface area contributed by atoms with Crippen LogP contribution in [0, 0.1) is 11.2 Å². The maximum absolute atomic E-state index is 15.4. The number of carbonyl (C=O) groups excluding carboxylic acids is 2. The molecule has 0 atom stereocenters. The van der Waals surface area contributed by atoms with Gasteiger partial charge >= 0.3 is 6.09 Å². The number of carbonyl (C=O) groups is 2. The van der Waals surface area contributed by atoms with Crippen molar-refractivity contribution in [1.29, 1.82) is 5.41 Å². The highest BCUT2D eigenvalue weighted by atomic mass is 35.5. The van der Waals surface area contributed by atoms with E-state index in [1.54, 1.807) is 19.1 Å². The number of nitrogens with zero attached hydrogens (tertiary/aromatic N) is 1. The molecule has 0 aliphatic carbocycles. The fourth-order valence-corrected chi connectivity index (χ4v) is 4.35. The molecule has 2 aromatic rings. The number of amides is 1. The zero-order valence-corrected chi connectivity index (χ0v) is 24.0. The molecule has 1 aliphatic rings. The van der Waals surface area contributed by atoms with Crippen molar-refractivity contribution in [2.45, 2.75) is 65.8 Å². The fourth-order valence-electron chi connectivity index (χ4n) is 4.35. The Morgan fingerprint density at radius 1 is 1.11 bits per heavy atom. The number of methoxy groups -OCH3 is 1. The number of nitrogens with one attached hydrogen (secondary N) is 2. The predicted octanol–water partition coefficient (Wildman–Crippen LogP) is 6.15. The Labute approximate surface area is 229 Å². The lowest BCUT2D eigenvalue weighted by Gasteiger charge is -2.28. The molecule has 1 heterocycles. The molecule has 0 aromatic heterocycles. The predicted molar refractivity (Wildman–Crippen MR) is 148 cm³/mol. The van der Waals surface area contributed by atoms with Crippen molar-refractivity contribution in [2.24, 2.45) is 0 Å². The molecule has 0 spiro atoms. The number of hydrogen-bond acceptors (Lipinski definition) is 6. The Morgan fingerprint density at radius 2 is 1.66 bits per heavy atom. The standard InChI is InChI=1S/C28H36FN3O5.ClH/c1-9-37-24-20(31-26(35)36-8)12-16-17(22(24)29)13-32(25(16)30)14-21(33)15-10-18(27(2,3)4)23(34)19(11-15)28(5,6)7;/h10-12,30,34H,9,13-14H2,1-8H3,(H,31,35);1H. The van der Waals surface area contributed by atoms with Gasteiger partial charge in [-0.3, -0.25) is 15.5 Å². The maximum atomic E-state index is 15.4. The minimum absolute atomic E-state index is 0. The van der Waals surface area contributed by atoms with Gasteiger partial charge in [-0.2, -0.15) is 0 Å². The van der Waals surface area contributed by atoms with Crippen molar-refractivity contribution in [2.75, 3.05) is 25.6 Å². The van der Waals surface area contributed by atoms with E-state index in [2.05, 4.69) is 10.1 Å². The molecule has 0 saturated carbocycles. The molecule has 2 aromatic carbocycles. The van der Waals surface area contributed by atoms with Gasteiger partial charge in [0.2, 0.25) is 0 Å². The fraction of sp³-hybridized carbons (Fsp3) is 0.464. The van der Waals surface area contributed by atoms with E-state index in [0.717, 1.165) is 0 Å². The second kappa shape index (κ2) is 11.2. The highest BCUT2D eigenvalue weighted by Gasteiger charge is 2.34. The van der Waals surface area contributed by atoms with Gasteiger partial charge in [0.15, 0.2) is 17.3 Å². The van der Waals surface area contributed by atoms with Gasteiger partial charge in [-0.15, -0.1) is 12.4 Å². The molecular weight excluding hydrogens is 513 g/mol. The smallest absolute Gasteiger partial charge is 0.411 e. The lowest BCUT2D eigenvalue weighted by Crippen LogP contribution is -2.30. The number of phenolic OH excluding ortho intramolecular Hbond substituents is 1. The quantitative estimate of drug-likeness (QED) is 0.373. The summed E-state index contributed by atoms with van der Waals surface area (Å²) < 4.78 is 25.5. The summed E-state index contributed by atoms with van der Waals surface area (Å²) in [6.07, 6.45) is -0.798. The third-order valence-corrected chi connectivity index (χ3v) is 6.34. The van der Waals surface area contributed by atoms with Crippen LogP contribution in [-0.2, 0) is 22.1 Å². The van der Waals surface area contributed by atoms with E-state index in [1.165, 1.54) is 18.1 Å². The minimum atomic E-state index is -0.798. The number of ether oxygens (including phenoxy) is 2. The number of hydrogen-bond donors (Lipinski definition) is 3. The highest BCUT2D eigenvalue weighted by molar-refractivity contribution is 6.06. The van der Waals surface area contributed by atoms with Gasteiger partial charge in [0.1, 0.15) is 11.6 Å². The summed E-state index contributed by atoms with van der Waals surface area (Å²) in [6.45, 7) is 13.5. The molecule has 0 saturated heterocycles. The molecule has 38 heavy (non-hydrogen) atoms. The van der Waals surface area contributed by atoms with E-state index in [9.17, 15) is 14.7 Å². The van der Waals surface area contributed by atoms with E-state index >= 15 is 4.39 Å². The average molecular weight is 550 g/mol. The molecule has 1 aliphatic heterocycles. The number of fused-ring (bicyclic) bond motifs is 1. The van der Waals surface area contributed by atoms with Crippen LogP contribution in [-0.4, -0.2) is 48.0 Å². The number of benzene rings is 2. The summed E-state index contributed by atoms with van der Waals surface area (Å²) in [6, 6.07) is 4.86. The van der Waals surface area contributed by atoms with Gasteiger partial charge < -0.3 is 19.5 Å². The number of anilines is 1. The Morgan fingerprint density at radius 3 is 2.13 bits per heavy atom. The molecule has 0 radical (unpaired) electrons. The van der Waals surface area contributed by atoms with Crippen LogP contribution in [0.3, 0.4) is 0 Å². The van der Waals surface area contributed by atoms with Crippen LogP contribution >= 0.6 is 12.4 Å². The van der Waals surface area contributed by atoms with Gasteiger partial charge in [0.25, 0.3) is 0 Å². The lowest BCUT2D eigenvalue weighted by atomic mass is 9.78. The molecule has 0 bridgehead atoms. The number of aromatic hydroxyl groups is 1. The maximum Gasteiger partial charge on any atom is 0.411 e. The van der Waals surface area contributed by atoms with Crippen molar-refractivity contribution in [3.8, 4) is 11.5 Å². The largest absolute Gasteiger partial charge is 0.507 e. The molecule has 208 valence electrons. The first kappa shape index (κ1) is 30.9. The summed E-state index contributed by atoms with van der Waals surface area (Å²) in [7, 11) is 1.19. The highest BCUT2D eigenvalue weighted by Crippen LogP contribution is 2.41. The first-order valence-corrected chi connectivity index (χ1v) is 12.2. The molecule has 10 heteroatoms. The Bertz CT molecular complexity index is 1230. The van der Waals surface area contributed by atoms with Crippen LogP contribution in [0.15, 0.2) is 18.2 Å². The molecule has 3 N–H and O–H groups in total. The van der Waals surface area contributed by atoms with Crippen molar-refractivity contribution < 1.29 is 28.6 Å². The number of phenols is 1. The van der Waals surface area contributed by atoms with Crippen molar-refractivity contribution in [3.05, 3.63) is 51.8 Å². The van der Waals surface area contributed by atoms with E-state index < -0.39 is 22.7 Å². The second-order valence-corrected chi connectivity index (χ2v) is 11.2. The van der Waals surface area contributed by atoms with Gasteiger partial charge in [0, 0.05) is 34.4 Å². The van der Waals surface area contributed by atoms with Gasteiger partial charge in [-0.05, 0) is 36.0 Å². The number of halogens is 2. The third-order valence-electron chi connectivity index (χ3n) is 6.34. The van der Waals surface area contributed by atoms with Gasteiger partial charge in [-0.25, -0.2) is 9.18 Å². The number of rotatable bonds is 6. The molecule has 1 amide bonds. The second-order valence-electron chi connectivity index (χ2n) is 11.2. The monoisotopic (exact) mass is 549 g/mol. The number of ketones is 1. The molecule has 0 fully saturated rings. The third kappa shape index (κ3) is 6.04. The zero-order valence-electron chi connectivity index (χ0n) is 23.2. The SMILES string of the molecule is CCOc1c(NC(=O)OC)cc2c(c1F)CN(CC(=O)c1cc(C(C)(C)C)c(O)c(C(C)(C)C)c1)C2=N.Cl. The summed E-state index contributed by atoms with van der Waals surface area (Å²) in [5, 5.41) is 22.0. The summed E-state index contributed by atoms with van der Waals surface area (Å²) in [4.78, 5) is 26.7. The first-order valence-electron chi connectivity index (χ1n) is 12.2. The van der Waals surface area contributed by atoms with Crippen LogP contribution in [0.1, 0.15) is 81.1 Å². The number of Topliss-reactive ketones (excluding diaryl/α,β-unsaturated/α-hetero) is 1. The van der Waals surface area contributed by atoms with Crippen LogP contribution < -0.4 is 10.1 Å². The Balaban J connectivity index is 0.00000507. The van der Waals surface area contributed by atoms with Crippen molar-refractivity contribution in [3.63, 3.8) is 0 Å². The van der Waals surface area contributed by atoms with Crippen molar-refractivity contribution >= 4 is 35.8 Å². The minimum Gasteiger partial charge on any atom is -0.507 e. The van der Waals surface area contributed by atoms with Crippen LogP contribution in [0.5, 0.6) is 11.5 Å². The van der Waals surface area contributed by atoms with E-state index in [-0.39, 0.29) is 72.0 Å². The average Bonchev–Trinajstić information content (AvgIpc) is 3.10. The lowest BCUT2D eigenvalue weighted by molar-refractivity contribution is 0.0962. The number of amidine groups is 1. The van der Waals surface area contributed by atoms with Crippen LogP contribution in [0.4, 0.5) is 14.9 Å². The first-order chi connectivity index (χ1) is 17.1. The Kier molecular flexibility index (Phi) is 9.10. The summed E-state index contributed by atoms with van der Waals surface area (Å²) in [5.74, 6) is -0.957. The zero-order chi connectivity index (χ0) is 27.9. The molecule has 8 nitrogen and oxygen atoms in total. The molecule has 3 rings (SSSR count). The van der Waals surface area contributed by atoms with Crippen LogP contribution in [0.2, 0.25) is 0 Å². The topological polar surface area (TPSA) is 112 Å². The molecular formula is C28H37ClFN3O5. The summed E-state index contributed by atoms with van der Waals surface area (Å²) >= 11 is 0. The van der Waals surface area contributed by atoms with Gasteiger partial charge in [0.05, 0.1) is 25.9 Å². The molecule has 0 unspecified atom stereocenters. The van der Waals surface area contributed by atoms with E-state index in [4.69, 9.17) is 10.1 Å². The van der Waals surface area contributed by atoms with Crippen LogP contribution in [0.25, 0.3) is 0 Å². The van der Waals surface area contributed by atoms with Gasteiger partial charge in [-0.1, -0.05) is 41.5 Å². The summed E-state index contributed by atoms with van der Waals surface area (Å²) in [5.41, 5.74) is 1.45. The Hall–Kier alpha value is -3.33. The van der Waals surface area contributed by atoms with E-state index in [0.29, 0.717) is 16.7 Å². The van der Waals surface area contributed by atoms with Crippen molar-refractivity contribution in [1.82, 2.24) is 4.90 Å².